The van der Waals surface area contributed by atoms with Crippen molar-refractivity contribution >= 4 is 34.7 Å². The zero-order valence-electron chi connectivity index (χ0n) is 13.1. The Morgan fingerprint density at radius 3 is 2.58 bits per heavy atom. The lowest BCUT2D eigenvalue weighted by molar-refractivity contribution is -0.125. The van der Waals surface area contributed by atoms with Gasteiger partial charge in [-0.15, -0.1) is 0 Å². The SMILES string of the molecule is O=C1CC(Cc2ccc(NC(=O)CCc3ccsc3)cc2)C(=O)N1. The van der Waals surface area contributed by atoms with Crippen LogP contribution < -0.4 is 10.6 Å². The second kappa shape index (κ2) is 7.40. The summed E-state index contributed by atoms with van der Waals surface area (Å²) in [6.07, 6.45) is 1.96. The van der Waals surface area contributed by atoms with Gasteiger partial charge >= 0.3 is 0 Å². The van der Waals surface area contributed by atoms with Crippen LogP contribution in [0.4, 0.5) is 5.69 Å². The van der Waals surface area contributed by atoms with Crippen LogP contribution in [0.15, 0.2) is 41.1 Å². The van der Waals surface area contributed by atoms with E-state index in [1.807, 2.05) is 41.1 Å². The van der Waals surface area contributed by atoms with E-state index in [-0.39, 0.29) is 30.1 Å². The summed E-state index contributed by atoms with van der Waals surface area (Å²) in [4.78, 5) is 34.7. The minimum atomic E-state index is -0.288. The maximum absolute atomic E-state index is 12.0. The summed E-state index contributed by atoms with van der Waals surface area (Å²) in [5, 5.41) is 9.24. The minimum Gasteiger partial charge on any atom is -0.326 e. The number of carbonyl (C=O) groups excluding carboxylic acids is 3. The molecule has 1 aliphatic rings. The molecule has 1 aromatic heterocycles. The molecule has 1 aliphatic heterocycles. The van der Waals surface area contributed by atoms with Crippen LogP contribution >= 0.6 is 11.3 Å². The molecule has 1 aromatic carbocycles. The molecule has 3 amide bonds. The molecule has 2 N–H and O–H groups in total. The topological polar surface area (TPSA) is 75.3 Å². The number of imide groups is 1. The number of thiophene rings is 1. The Bertz CT molecular complexity index is 738. The molecule has 1 saturated heterocycles. The smallest absolute Gasteiger partial charge is 0.230 e. The van der Waals surface area contributed by atoms with Crippen LogP contribution in [0.2, 0.25) is 0 Å². The number of amides is 3. The predicted octanol–water partition coefficient (Wildman–Crippen LogP) is 2.52. The van der Waals surface area contributed by atoms with Gasteiger partial charge in [0.1, 0.15) is 0 Å². The van der Waals surface area contributed by atoms with Crippen molar-refractivity contribution in [3.63, 3.8) is 0 Å². The van der Waals surface area contributed by atoms with Crippen LogP contribution in [0.1, 0.15) is 24.0 Å². The van der Waals surface area contributed by atoms with E-state index in [1.165, 1.54) is 5.56 Å². The first kappa shape index (κ1) is 16.4. The first-order valence-electron chi connectivity index (χ1n) is 7.84. The largest absolute Gasteiger partial charge is 0.326 e. The van der Waals surface area contributed by atoms with Crippen molar-refractivity contribution in [2.75, 3.05) is 5.32 Å². The number of rotatable bonds is 6. The summed E-state index contributed by atoms with van der Waals surface area (Å²) in [5.74, 6) is -0.719. The molecule has 0 bridgehead atoms. The lowest BCUT2D eigenvalue weighted by Gasteiger charge is -2.08. The van der Waals surface area contributed by atoms with Gasteiger partial charge in [0, 0.05) is 18.5 Å². The minimum absolute atomic E-state index is 0.0188. The van der Waals surface area contributed by atoms with E-state index in [0.29, 0.717) is 12.8 Å². The van der Waals surface area contributed by atoms with Crippen molar-refractivity contribution in [2.24, 2.45) is 5.92 Å². The van der Waals surface area contributed by atoms with Crippen molar-refractivity contribution in [3.05, 3.63) is 52.2 Å². The normalized spacial score (nSPS) is 16.9. The Morgan fingerprint density at radius 2 is 1.96 bits per heavy atom. The van der Waals surface area contributed by atoms with Crippen LogP contribution in [-0.2, 0) is 27.2 Å². The molecule has 0 radical (unpaired) electrons. The Labute approximate surface area is 144 Å². The lowest BCUT2D eigenvalue weighted by Crippen LogP contribution is -2.22. The monoisotopic (exact) mass is 342 g/mol. The second-order valence-corrected chi connectivity index (χ2v) is 6.67. The standard InChI is InChI=1S/C18H18N2O3S/c21-16(6-3-13-7-8-24-11-13)19-15-4-1-12(2-5-15)9-14-10-17(22)20-18(14)23/h1-2,4-5,7-8,11,14H,3,6,9-10H2,(H,19,21)(H,20,22,23). The molecule has 124 valence electrons. The van der Waals surface area contributed by atoms with E-state index < -0.39 is 0 Å². The van der Waals surface area contributed by atoms with Gasteiger partial charge in [-0.25, -0.2) is 0 Å². The number of hydrogen-bond donors (Lipinski definition) is 2. The third-order valence-electron chi connectivity index (χ3n) is 4.01. The number of hydrogen-bond acceptors (Lipinski definition) is 4. The molecule has 1 fully saturated rings. The molecule has 1 atom stereocenters. The molecule has 2 heterocycles. The van der Waals surface area contributed by atoms with E-state index in [4.69, 9.17) is 0 Å². The highest BCUT2D eigenvalue weighted by Gasteiger charge is 2.30. The highest BCUT2D eigenvalue weighted by Crippen LogP contribution is 2.19. The number of carbonyl (C=O) groups is 3. The maximum Gasteiger partial charge on any atom is 0.230 e. The van der Waals surface area contributed by atoms with Gasteiger partial charge in [-0.05, 0) is 52.9 Å². The molecule has 3 rings (SSSR count). The molecule has 0 spiro atoms. The number of aryl methyl sites for hydroxylation is 1. The quantitative estimate of drug-likeness (QED) is 0.792. The molecule has 24 heavy (non-hydrogen) atoms. The zero-order valence-corrected chi connectivity index (χ0v) is 13.9. The summed E-state index contributed by atoms with van der Waals surface area (Å²) < 4.78 is 0. The fourth-order valence-electron chi connectivity index (χ4n) is 2.70. The molecule has 2 aromatic rings. The highest BCUT2D eigenvalue weighted by molar-refractivity contribution is 7.07. The van der Waals surface area contributed by atoms with Crippen molar-refractivity contribution in [3.8, 4) is 0 Å². The highest BCUT2D eigenvalue weighted by atomic mass is 32.1. The van der Waals surface area contributed by atoms with Gasteiger partial charge in [-0.3, -0.25) is 19.7 Å². The van der Waals surface area contributed by atoms with Crippen molar-refractivity contribution in [2.45, 2.75) is 25.7 Å². The molecule has 1 unspecified atom stereocenters. The molecule has 0 saturated carbocycles. The maximum atomic E-state index is 12.0. The number of anilines is 1. The van der Waals surface area contributed by atoms with E-state index in [0.717, 1.165) is 17.7 Å². The zero-order chi connectivity index (χ0) is 16.9. The molecule has 6 heteroatoms. The van der Waals surface area contributed by atoms with Crippen LogP contribution in [0.25, 0.3) is 0 Å². The van der Waals surface area contributed by atoms with Gasteiger partial charge in [0.05, 0.1) is 5.92 Å². The summed E-state index contributed by atoms with van der Waals surface area (Å²) in [5.41, 5.74) is 2.89. The Hall–Kier alpha value is -2.47. The van der Waals surface area contributed by atoms with Gasteiger partial charge in [-0.2, -0.15) is 11.3 Å². The van der Waals surface area contributed by atoms with E-state index in [2.05, 4.69) is 10.6 Å². The van der Waals surface area contributed by atoms with Crippen molar-refractivity contribution in [1.29, 1.82) is 0 Å². The van der Waals surface area contributed by atoms with Crippen molar-refractivity contribution in [1.82, 2.24) is 5.32 Å². The van der Waals surface area contributed by atoms with E-state index >= 15 is 0 Å². The van der Waals surface area contributed by atoms with Gasteiger partial charge < -0.3 is 5.32 Å². The summed E-state index contributed by atoms with van der Waals surface area (Å²) in [6.45, 7) is 0. The van der Waals surface area contributed by atoms with Gasteiger partial charge in [0.2, 0.25) is 17.7 Å². The predicted molar refractivity (Wildman–Crippen MR) is 92.7 cm³/mol. The summed E-state index contributed by atoms with van der Waals surface area (Å²) >= 11 is 1.63. The van der Waals surface area contributed by atoms with E-state index in [9.17, 15) is 14.4 Å². The van der Waals surface area contributed by atoms with Crippen LogP contribution in [0, 0.1) is 5.92 Å². The van der Waals surface area contributed by atoms with Crippen LogP contribution in [0.3, 0.4) is 0 Å². The lowest BCUT2D eigenvalue weighted by atomic mass is 9.98. The third-order valence-corrected chi connectivity index (χ3v) is 4.74. The Balaban J connectivity index is 1.50. The van der Waals surface area contributed by atoms with Gasteiger partial charge in [-0.1, -0.05) is 12.1 Å². The van der Waals surface area contributed by atoms with Gasteiger partial charge in [0.25, 0.3) is 0 Å². The van der Waals surface area contributed by atoms with Gasteiger partial charge in [0.15, 0.2) is 0 Å². The van der Waals surface area contributed by atoms with Crippen LogP contribution in [-0.4, -0.2) is 17.7 Å². The Morgan fingerprint density at radius 1 is 1.17 bits per heavy atom. The molecule has 0 aliphatic carbocycles. The first-order valence-corrected chi connectivity index (χ1v) is 8.78. The average molecular weight is 342 g/mol. The third kappa shape index (κ3) is 4.29. The molecular weight excluding hydrogens is 324 g/mol. The van der Waals surface area contributed by atoms with Crippen molar-refractivity contribution < 1.29 is 14.4 Å². The average Bonchev–Trinajstić information content (AvgIpc) is 3.17. The Kier molecular flexibility index (Phi) is 5.05. The number of benzene rings is 1. The fraction of sp³-hybridized carbons (Fsp3) is 0.278. The fourth-order valence-corrected chi connectivity index (χ4v) is 3.40. The van der Waals surface area contributed by atoms with E-state index in [1.54, 1.807) is 11.3 Å². The molecule has 5 nitrogen and oxygen atoms in total. The molecular formula is C18H18N2O3S. The second-order valence-electron chi connectivity index (χ2n) is 5.89. The first-order chi connectivity index (χ1) is 11.6. The summed E-state index contributed by atoms with van der Waals surface area (Å²) in [7, 11) is 0. The summed E-state index contributed by atoms with van der Waals surface area (Å²) in [6, 6.07) is 9.44. The van der Waals surface area contributed by atoms with Crippen LogP contribution in [0.5, 0.6) is 0 Å². The number of nitrogens with one attached hydrogen (secondary N) is 2.